The zero-order chi connectivity index (χ0) is 16.1. The molecule has 0 aliphatic heterocycles. The van der Waals surface area contributed by atoms with E-state index in [2.05, 4.69) is 19.2 Å². The Morgan fingerprint density at radius 3 is 2.27 bits per heavy atom. The number of rotatable bonds is 5. The number of carbonyl (C=O) groups is 2. The lowest BCUT2D eigenvalue weighted by Crippen LogP contribution is -2.15. The van der Waals surface area contributed by atoms with Gasteiger partial charge < -0.3 is 10.4 Å². The van der Waals surface area contributed by atoms with Crippen LogP contribution in [-0.2, 0) is 11.2 Å². The Bertz CT molecular complexity index is 675. The summed E-state index contributed by atoms with van der Waals surface area (Å²) in [5, 5.41) is 11.7. The van der Waals surface area contributed by atoms with Crippen LogP contribution in [0.4, 0.5) is 5.69 Å². The maximum Gasteiger partial charge on any atom is 0.307 e. The Balaban J connectivity index is 2.17. The molecule has 0 aliphatic carbocycles. The minimum atomic E-state index is -0.957. The summed E-state index contributed by atoms with van der Waals surface area (Å²) < 4.78 is 0. The van der Waals surface area contributed by atoms with Crippen molar-refractivity contribution in [2.75, 3.05) is 5.32 Å². The van der Waals surface area contributed by atoms with Gasteiger partial charge in [0.05, 0.1) is 6.42 Å². The molecule has 0 saturated carbocycles. The molecule has 0 bridgehead atoms. The first-order chi connectivity index (χ1) is 10.5. The molecule has 0 atom stereocenters. The molecule has 1 amide bonds. The number of benzene rings is 2. The summed E-state index contributed by atoms with van der Waals surface area (Å²) in [7, 11) is 0. The SMILES string of the molecule is CC(C)c1ccc(NC(=O)c2ccccc2CC(=O)O)cc1. The number of amides is 1. The van der Waals surface area contributed by atoms with E-state index in [1.54, 1.807) is 24.3 Å². The Hall–Kier alpha value is -2.62. The maximum absolute atomic E-state index is 12.3. The van der Waals surface area contributed by atoms with Gasteiger partial charge in [0.25, 0.3) is 5.91 Å². The average Bonchev–Trinajstić information content (AvgIpc) is 2.47. The van der Waals surface area contributed by atoms with Crippen LogP contribution < -0.4 is 5.32 Å². The molecule has 2 aromatic carbocycles. The molecule has 0 saturated heterocycles. The van der Waals surface area contributed by atoms with Crippen LogP contribution in [0.25, 0.3) is 0 Å². The van der Waals surface area contributed by atoms with Crippen molar-refractivity contribution in [2.45, 2.75) is 26.2 Å². The summed E-state index contributed by atoms with van der Waals surface area (Å²) in [6.07, 6.45) is -0.171. The first-order valence-electron chi connectivity index (χ1n) is 7.18. The quantitative estimate of drug-likeness (QED) is 0.884. The van der Waals surface area contributed by atoms with Crippen LogP contribution in [-0.4, -0.2) is 17.0 Å². The largest absolute Gasteiger partial charge is 0.481 e. The van der Waals surface area contributed by atoms with Gasteiger partial charge in [-0.15, -0.1) is 0 Å². The fourth-order valence-electron chi connectivity index (χ4n) is 2.21. The molecule has 0 aromatic heterocycles. The molecule has 2 N–H and O–H groups in total. The van der Waals surface area contributed by atoms with Gasteiger partial charge >= 0.3 is 5.97 Å². The van der Waals surface area contributed by atoms with Gasteiger partial charge in [-0.1, -0.05) is 44.2 Å². The molecule has 0 unspecified atom stereocenters. The minimum absolute atomic E-state index is 0.171. The van der Waals surface area contributed by atoms with E-state index in [1.807, 2.05) is 24.3 Å². The average molecular weight is 297 g/mol. The molecule has 22 heavy (non-hydrogen) atoms. The normalized spacial score (nSPS) is 10.5. The predicted molar refractivity (Wildman–Crippen MR) is 86.3 cm³/mol. The first kappa shape index (κ1) is 15.8. The van der Waals surface area contributed by atoms with Gasteiger partial charge in [0.15, 0.2) is 0 Å². The molecule has 114 valence electrons. The van der Waals surface area contributed by atoms with E-state index in [4.69, 9.17) is 5.11 Å². The molecule has 4 nitrogen and oxygen atoms in total. The summed E-state index contributed by atoms with van der Waals surface area (Å²) in [5.41, 5.74) is 2.79. The van der Waals surface area contributed by atoms with E-state index in [0.29, 0.717) is 22.7 Å². The number of hydrogen-bond acceptors (Lipinski definition) is 2. The van der Waals surface area contributed by atoms with Crippen molar-refractivity contribution >= 4 is 17.6 Å². The number of carboxylic acid groups (broad SMARTS) is 1. The van der Waals surface area contributed by atoms with Crippen LogP contribution in [0.15, 0.2) is 48.5 Å². The number of nitrogens with one attached hydrogen (secondary N) is 1. The van der Waals surface area contributed by atoms with E-state index in [-0.39, 0.29) is 12.3 Å². The smallest absolute Gasteiger partial charge is 0.307 e. The third-order valence-electron chi connectivity index (χ3n) is 3.44. The van der Waals surface area contributed by atoms with Gasteiger partial charge in [0.2, 0.25) is 0 Å². The van der Waals surface area contributed by atoms with Crippen LogP contribution in [0.2, 0.25) is 0 Å². The second-order valence-corrected chi connectivity index (χ2v) is 5.46. The van der Waals surface area contributed by atoms with E-state index in [9.17, 15) is 9.59 Å². The minimum Gasteiger partial charge on any atom is -0.481 e. The topological polar surface area (TPSA) is 66.4 Å². The van der Waals surface area contributed by atoms with Crippen molar-refractivity contribution < 1.29 is 14.7 Å². The van der Waals surface area contributed by atoms with E-state index < -0.39 is 5.97 Å². The highest BCUT2D eigenvalue weighted by molar-refractivity contribution is 6.05. The van der Waals surface area contributed by atoms with Crippen molar-refractivity contribution in [3.05, 3.63) is 65.2 Å². The molecule has 0 radical (unpaired) electrons. The van der Waals surface area contributed by atoms with Gasteiger partial charge in [-0.3, -0.25) is 9.59 Å². The Morgan fingerprint density at radius 2 is 1.68 bits per heavy atom. The second-order valence-electron chi connectivity index (χ2n) is 5.46. The molecule has 0 fully saturated rings. The second kappa shape index (κ2) is 6.89. The molecule has 0 aliphatic rings. The molecular weight excluding hydrogens is 278 g/mol. The lowest BCUT2D eigenvalue weighted by Gasteiger charge is -2.10. The van der Waals surface area contributed by atoms with Crippen LogP contribution in [0.3, 0.4) is 0 Å². The maximum atomic E-state index is 12.3. The summed E-state index contributed by atoms with van der Waals surface area (Å²) in [6, 6.07) is 14.4. The van der Waals surface area contributed by atoms with Crippen molar-refractivity contribution in [1.82, 2.24) is 0 Å². The van der Waals surface area contributed by atoms with E-state index in [0.717, 1.165) is 0 Å². The first-order valence-corrected chi connectivity index (χ1v) is 7.18. The molecule has 2 aromatic rings. The van der Waals surface area contributed by atoms with Crippen LogP contribution in [0.5, 0.6) is 0 Å². The Kier molecular flexibility index (Phi) is 4.94. The molecule has 0 heterocycles. The number of anilines is 1. The molecule has 4 heteroatoms. The van der Waals surface area contributed by atoms with Crippen LogP contribution >= 0.6 is 0 Å². The van der Waals surface area contributed by atoms with Gasteiger partial charge in [-0.2, -0.15) is 0 Å². The summed E-state index contributed by atoms with van der Waals surface area (Å²) >= 11 is 0. The lowest BCUT2D eigenvalue weighted by molar-refractivity contribution is -0.136. The summed E-state index contributed by atoms with van der Waals surface area (Å²) in [6.45, 7) is 4.21. The third kappa shape index (κ3) is 3.95. The number of aliphatic carboxylic acids is 1. The van der Waals surface area contributed by atoms with Gasteiger partial charge in [0.1, 0.15) is 0 Å². The molecule has 0 spiro atoms. The monoisotopic (exact) mass is 297 g/mol. The van der Waals surface area contributed by atoms with Crippen molar-refractivity contribution in [3.63, 3.8) is 0 Å². The number of carboxylic acids is 1. The summed E-state index contributed by atoms with van der Waals surface area (Å²) in [4.78, 5) is 23.2. The zero-order valence-corrected chi connectivity index (χ0v) is 12.7. The van der Waals surface area contributed by atoms with E-state index in [1.165, 1.54) is 5.56 Å². The molecule has 2 rings (SSSR count). The standard InChI is InChI=1S/C18H19NO3/c1-12(2)13-7-9-15(10-8-13)19-18(22)16-6-4-3-5-14(16)11-17(20)21/h3-10,12H,11H2,1-2H3,(H,19,22)(H,20,21). The highest BCUT2D eigenvalue weighted by atomic mass is 16.4. The zero-order valence-electron chi connectivity index (χ0n) is 12.7. The van der Waals surface area contributed by atoms with Gasteiger partial charge in [-0.25, -0.2) is 0 Å². The Morgan fingerprint density at radius 1 is 1.05 bits per heavy atom. The van der Waals surface area contributed by atoms with Crippen molar-refractivity contribution in [3.8, 4) is 0 Å². The van der Waals surface area contributed by atoms with Crippen molar-refractivity contribution in [1.29, 1.82) is 0 Å². The highest BCUT2D eigenvalue weighted by Crippen LogP contribution is 2.18. The third-order valence-corrected chi connectivity index (χ3v) is 3.44. The number of carbonyl (C=O) groups excluding carboxylic acids is 1. The van der Waals surface area contributed by atoms with E-state index >= 15 is 0 Å². The van der Waals surface area contributed by atoms with Crippen LogP contribution in [0.1, 0.15) is 41.3 Å². The van der Waals surface area contributed by atoms with Gasteiger partial charge in [-0.05, 0) is 35.2 Å². The van der Waals surface area contributed by atoms with Gasteiger partial charge in [0, 0.05) is 11.3 Å². The predicted octanol–water partition coefficient (Wildman–Crippen LogP) is 3.69. The fourth-order valence-corrected chi connectivity index (χ4v) is 2.21. The van der Waals surface area contributed by atoms with Crippen LogP contribution in [0, 0.1) is 0 Å². The van der Waals surface area contributed by atoms with Crippen molar-refractivity contribution in [2.24, 2.45) is 0 Å². The number of hydrogen-bond donors (Lipinski definition) is 2. The summed E-state index contributed by atoms with van der Waals surface area (Å²) in [5.74, 6) is -0.822. The fraction of sp³-hybridized carbons (Fsp3) is 0.222. The lowest BCUT2D eigenvalue weighted by atomic mass is 10.0. The molecular formula is C18H19NO3. The Labute approximate surface area is 129 Å². The highest BCUT2D eigenvalue weighted by Gasteiger charge is 2.13.